The largest absolute Gasteiger partial charge is 0.481 e. The third kappa shape index (κ3) is 24.2. The number of urea groups is 1. The van der Waals surface area contributed by atoms with Gasteiger partial charge < -0.3 is 41.9 Å². The van der Waals surface area contributed by atoms with E-state index in [-0.39, 0.29) is 67.8 Å². The second-order valence-corrected chi connectivity index (χ2v) is 15.7. The van der Waals surface area contributed by atoms with E-state index in [9.17, 15) is 53.4 Å². The highest BCUT2D eigenvalue weighted by Gasteiger charge is 2.29. The summed E-state index contributed by atoms with van der Waals surface area (Å²) in [5.74, 6) is -5.55. The van der Waals surface area contributed by atoms with Crippen LogP contribution in [0.2, 0.25) is 0 Å². The number of nitrogens with one attached hydrogen (secondary N) is 5. The molecule has 0 heterocycles. The first kappa shape index (κ1) is 53.0. The van der Waals surface area contributed by atoms with Gasteiger partial charge >= 0.3 is 23.9 Å². The third-order valence-corrected chi connectivity index (χ3v) is 10.5. The first-order chi connectivity index (χ1) is 30.2. The Kier molecular flexibility index (Phi) is 25.9. The Hall–Kier alpha value is -6.13. The van der Waals surface area contributed by atoms with E-state index < -0.39 is 54.4 Å². The van der Waals surface area contributed by atoms with Gasteiger partial charge in [-0.2, -0.15) is 0 Å². The Morgan fingerprint density at radius 2 is 1.05 bits per heavy atom. The van der Waals surface area contributed by atoms with Crippen LogP contribution in [-0.2, 0) is 51.2 Å². The highest BCUT2D eigenvalue weighted by molar-refractivity contribution is 5.93. The van der Waals surface area contributed by atoms with Gasteiger partial charge in [-0.3, -0.25) is 28.8 Å². The van der Waals surface area contributed by atoms with Gasteiger partial charge in [-0.15, -0.1) is 0 Å². The number of amides is 5. The number of carbonyl (C=O) groups excluding carboxylic acids is 6. The normalized spacial score (nSPS) is 12.7. The van der Waals surface area contributed by atoms with Gasteiger partial charge in [-0.05, 0) is 62.5 Å². The number of ketones is 2. The fourth-order valence-electron chi connectivity index (χ4n) is 6.88. The van der Waals surface area contributed by atoms with Crippen molar-refractivity contribution < 1.29 is 58.5 Å². The molecule has 0 bridgehead atoms. The molecular formula is C46H65N5O12. The number of hydrogen-bond acceptors (Lipinski definition) is 9. The lowest BCUT2D eigenvalue weighted by Crippen LogP contribution is -2.51. The minimum absolute atomic E-state index is 0.0638. The van der Waals surface area contributed by atoms with Gasteiger partial charge in [0.15, 0.2) is 5.78 Å². The molecule has 17 heteroatoms. The average molecular weight is 880 g/mol. The molecule has 0 radical (unpaired) electrons. The van der Waals surface area contributed by atoms with Gasteiger partial charge in [-0.25, -0.2) is 14.4 Å². The lowest BCUT2D eigenvalue weighted by Gasteiger charge is -2.22. The number of carbonyl (C=O) groups is 9. The van der Waals surface area contributed by atoms with E-state index in [1.165, 1.54) is 7.05 Å². The van der Waals surface area contributed by atoms with Crippen LogP contribution >= 0.6 is 0 Å². The van der Waals surface area contributed by atoms with Crippen LogP contribution in [0.5, 0.6) is 0 Å². The Morgan fingerprint density at radius 1 is 0.524 bits per heavy atom. The van der Waals surface area contributed by atoms with Crippen molar-refractivity contribution in [3.63, 3.8) is 0 Å². The van der Waals surface area contributed by atoms with Crippen molar-refractivity contribution in [3.8, 4) is 0 Å². The quantitative estimate of drug-likeness (QED) is 0.0452. The molecule has 2 aromatic carbocycles. The zero-order valence-electron chi connectivity index (χ0n) is 36.2. The average Bonchev–Trinajstić information content (AvgIpc) is 3.25. The summed E-state index contributed by atoms with van der Waals surface area (Å²) in [5.41, 5.74) is 1.77. The predicted molar refractivity (Wildman–Crippen MR) is 233 cm³/mol. The zero-order valence-corrected chi connectivity index (χ0v) is 36.2. The molecule has 346 valence electrons. The number of carboxylic acid groups (broad SMARTS) is 3. The van der Waals surface area contributed by atoms with Gasteiger partial charge in [0.1, 0.15) is 17.9 Å². The molecule has 8 N–H and O–H groups in total. The summed E-state index contributed by atoms with van der Waals surface area (Å²) >= 11 is 0. The molecule has 0 aliphatic rings. The van der Waals surface area contributed by atoms with Crippen LogP contribution < -0.4 is 26.6 Å². The molecule has 0 spiro atoms. The van der Waals surface area contributed by atoms with E-state index in [0.29, 0.717) is 64.3 Å². The number of rotatable bonds is 34. The number of aliphatic carboxylic acids is 3. The van der Waals surface area contributed by atoms with Crippen molar-refractivity contribution in [2.24, 2.45) is 5.92 Å². The second-order valence-electron chi connectivity index (χ2n) is 15.7. The van der Waals surface area contributed by atoms with Crippen molar-refractivity contribution in [1.82, 2.24) is 26.6 Å². The first-order valence-electron chi connectivity index (χ1n) is 21.8. The summed E-state index contributed by atoms with van der Waals surface area (Å²) in [5, 5.41) is 40.1. The fraction of sp³-hybridized carbons (Fsp3) is 0.543. The van der Waals surface area contributed by atoms with E-state index >= 15 is 0 Å². The van der Waals surface area contributed by atoms with Gasteiger partial charge in [0.05, 0.1) is 6.04 Å². The van der Waals surface area contributed by atoms with Crippen molar-refractivity contribution >= 4 is 53.2 Å². The molecule has 5 amide bonds. The van der Waals surface area contributed by atoms with Gasteiger partial charge in [0.25, 0.3) is 0 Å². The second kappa shape index (κ2) is 30.8. The standard InChI is InChI=1S/C46H65N5O12/c1-47-40(54)24-16-25-41(55)49-38(30-33-19-10-6-11-20-33)39(53)31-34(29-32-17-8-5-9-18-32)43(58)48-28-15-4-2-3-12-21-35(52)22-13-7-14-23-36(44(59)60)50-46(63)51-37(45(61)62)26-27-42(56)57/h5-6,8-11,17-20,34,36-38H,2-4,7,12-16,21-31H2,1H3,(H,47,54)(H,48,58)(H,49,55)(H,56,57)(H,59,60)(H,61,62)(H2,50,51,63)/t34?,36?,37?,38-/m1/s1. The highest BCUT2D eigenvalue weighted by Crippen LogP contribution is 2.17. The van der Waals surface area contributed by atoms with E-state index in [2.05, 4.69) is 26.6 Å². The Bertz CT molecular complexity index is 1780. The number of unbranched alkanes of at least 4 members (excludes halogenated alkanes) is 6. The monoisotopic (exact) mass is 879 g/mol. The molecule has 3 unspecified atom stereocenters. The number of hydrogen-bond donors (Lipinski definition) is 8. The molecule has 0 aliphatic carbocycles. The SMILES string of the molecule is CNC(=O)CCCC(=O)N[C@H](Cc1ccccc1)C(=O)CC(Cc1ccccc1)C(=O)NCCCCCCCC(=O)CCCCCC(NC(=O)NC(CCC(=O)O)C(=O)O)C(=O)O. The van der Waals surface area contributed by atoms with E-state index in [0.717, 1.165) is 30.4 Å². The van der Waals surface area contributed by atoms with Crippen LogP contribution in [0.1, 0.15) is 120 Å². The van der Waals surface area contributed by atoms with Crippen LogP contribution in [0.4, 0.5) is 4.79 Å². The summed E-state index contributed by atoms with van der Waals surface area (Å²) in [4.78, 5) is 110. The minimum atomic E-state index is -1.49. The predicted octanol–water partition coefficient (Wildman–Crippen LogP) is 4.50. The lowest BCUT2D eigenvalue weighted by molar-refractivity contribution is -0.141. The summed E-state index contributed by atoms with van der Waals surface area (Å²) in [7, 11) is 1.53. The topological polar surface area (TPSA) is 274 Å². The fourth-order valence-corrected chi connectivity index (χ4v) is 6.88. The third-order valence-electron chi connectivity index (χ3n) is 10.5. The van der Waals surface area contributed by atoms with Crippen molar-refractivity contribution in [2.75, 3.05) is 13.6 Å². The maximum absolute atomic E-state index is 13.8. The van der Waals surface area contributed by atoms with Gasteiger partial charge in [0.2, 0.25) is 17.7 Å². The Morgan fingerprint density at radius 3 is 1.62 bits per heavy atom. The Labute approximate surface area is 368 Å². The number of Topliss-reactive ketones (excluding diaryl/α,β-unsaturated/α-hetero) is 2. The van der Waals surface area contributed by atoms with Crippen LogP contribution in [0.25, 0.3) is 0 Å². The summed E-state index contributed by atoms with van der Waals surface area (Å²) in [6.07, 6.45) is 6.59. The van der Waals surface area contributed by atoms with Gasteiger partial charge in [-0.1, -0.05) is 92.8 Å². The molecule has 2 aromatic rings. The van der Waals surface area contributed by atoms with E-state index in [4.69, 9.17) is 5.11 Å². The summed E-state index contributed by atoms with van der Waals surface area (Å²) in [6.45, 7) is 0.422. The smallest absolute Gasteiger partial charge is 0.326 e. The maximum atomic E-state index is 13.8. The van der Waals surface area contributed by atoms with Crippen LogP contribution in [0.3, 0.4) is 0 Å². The molecule has 17 nitrogen and oxygen atoms in total. The zero-order chi connectivity index (χ0) is 46.4. The minimum Gasteiger partial charge on any atom is -0.481 e. The molecule has 0 fully saturated rings. The van der Waals surface area contributed by atoms with Crippen LogP contribution in [0.15, 0.2) is 60.7 Å². The molecule has 0 aromatic heterocycles. The lowest BCUT2D eigenvalue weighted by atomic mass is 9.89. The molecule has 63 heavy (non-hydrogen) atoms. The van der Waals surface area contributed by atoms with E-state index in [1.54, 1.807) is 0 Å². The first-order valence-corrected chi connectivity index (χ1v) is 21.8. The molecule has 2 rings (SSSR count). The van der Waals surface area contributed by atoms with E-state index in [1.807, 2.05) is 60.7 Å². The molecule has 0 saturated carbocycles. The molecular weight excluding hydrogens is 815 g/mol. The van der Waals surface area contributed by atoms with Crippen molar-refractivity contribution in [3.05, 3.63) is 71.8 Å². The van der Waals surface area contributed by atoms with Crippen LogP contribution in [-0.4, -0.2) is 100 Å². The van der Waals surface area contributed by atoms with Crippen LogP contribution in [0, 0.1) is 5.92 Å². The Balaban J connectivity index is 1.75. The number of carboxylic acids is 3. The van der Waals surface area contributed by atoms with Crippen molar-refractivity contribution in [2.45, 2.75) is 140 Å². The summed E-state index contributed by atoms with van der Waals surface area (Å²) < 4.78 is 0. The number of benzene rings is 2. The van der Waals surface area contributed by atoms with Crippen molar-refractivity contribution in [1.29, 1.82) is 0 Å². The highest BCUT2D eigenvalue weighted by atomic mass is 16.4. The molecule has 0 aliphatic heterocycles. The van der Waals surface area contributed by atoms with Gasteiger partial charge in [0, 0.05) is 58.0 Å². The molecule has 4 atom stereocenters. The molecule has 0 saturated heterocycles. The maximum Gasteiger partial charge on any atom is 0.326 e. The summed E-state index contributed by atoms with van der Waals surface area (Å²) in [6, 6.07) is 14.1.